The Bertz CT molecular complexity index is 318. The molecule has 0 bridgehead atoms. The Morgan fingerprint density at radius 2 is 2.47 bits per heavy atom. The van der Waals surface area contributed by atoms with E-state index in [1.165, 1.54) is 25.0 Å². The molecule has 4 nitrogen and oxygen atoms in total. The highest BCUT2D eigenvalue weighted by molar-refractivity contribution is 4.97. The fourth-order valence-electron chi connectivity index (χ4n) is 2.29. The van der Waals surface area contributed by atoms with E-state index < -0.39 is 0 Å². The second kappa shape index (κ2) is 6.77. The van der Waals surface area contributed by atoms with Crippen molar-refractivity contribution < 1.29 is 4.74 Å². The monoisotopic (exact) mass is 237 g/mol. The number of rotatable bonds is 6. The van der Waals surface area contributed by atoms with E-state index in [4.69, 9.17) is 4.74 Å². The molecule has 1 N–H and O–H groups in total. The molecule has 0 amide bonds. The Morgan fingerprint density at radius 1 is 1.53 bits per heavy atom. The predicted octanol–water partition coefficient (Wildman–Crippen LogP) is 1.95. The molecule has 1 fully saturated rings. The van der Waals surface area contributed by atoms with Gasteiger partial charge in [0.05, 0.1) is 18.1 Å². The second-order valence-electron chi connectivity index (χ2n) is 4.63. The summed E-state index contributed by atoms with van der Waals surface area (Å²) < 4.78 is 7.87. The SMILES string of the molecule is CCn1cncc1CNCCC1CCCCO1. The zero-order chi connectivity index (χ0) is 11.9. The minimum atomic E-state index is 0.479. The third kappa shape index (κ3) is 3.82. The number of ether oxygens (including phenoxy) is 1. The molecule has 2 heterocycles. The van der Waals surface area contributed by atoms with Crippen molar-refractivity contribution in [3.05, 3.63) is 18.2 Å². The van der Waals surface area contributed by atoms with Crippen LogP contribution in [0.15, 0.2) is 12.5 Å². The maximum Gasteiger partial charge on any atom is 0.0948 e. The van der Waals surface area contributed by atoms with Crippen LogP contribution in [-0.2, 0) is 17.8 Å². The summed E-state index contributed by atoms with van der Waals surface area (Å²) in [4.78, 5) is 4.16. The number of nitrogens with zero attached hydrogens (tertiary/aromatic N) is 2. The Morgan fingerprint density at radius 3 is 3.24 bits per heavy atom. The van der Waals surface area contributed by atoms with Crippen molar-refractivity contribution in [3.63, 3.8) is 0 Å². The van der Waals surface area contributed by atoms with Crippen LogP contribution in [0.1, 0.15) is 38.3 Å². The van der Waals surface area contributed by atoms with Gasteiger partial charge in [-0.05, 0) is 39.2 Å². The van der Waals surface area contributed by atoms with Crippen molar-refractivity contribution in [3.8, 4) is 0 Å². The van der Waals surface area contributed by atoms with E-state index >= 15 is 0 Å². The summed E-state index contributed by atoms with van der Waals surface area (Å²) >= 11 is 0. The highest BCUT2D eigenvalue weighted by atomic mass is 16.5. The van der Waals surface area contributed by atoms with Crippen LogP contribution in [0.3, 0.4) is 0 Å². The van der Waals surface area contributed by atoms with E-state index in [-0.39, 0.29) is 0 Å². The minimum Gasteiger partial charge on any atom is -0.378 e. The summed E-state index contributed by atoms with van der Waals surface area (Å²) in [6.45, 7) is 6.01. The van der Waals surface area contributed by atoms with E-state index in [1.807, 2.05) is 12.5 Å². The van der Waals surface area contributed by atoms with Crippen LogP contribution >= 0.6 is 0 Å². The van der Waals surface area contributed by atoms with Crippen molar-refractivity contribution >= 4 is 0 Å². The summed E-state index contributed by atoms with van der Waals surface area (Å²) in [7, 11) is 0. The quantitative estimate of drug-likeness (QED) is 0.769. The van der Waals surface area contributed by atoms with Crippen molar-refractivity contribution in [1.82, 2.24) is 14.9 Å². The fourth-order valence-corrected chi connectivity index (χ4v) is 2.29. The van der Waals surface area contributed by atoms with E-state index in [0.717, 1.165) is 32.7 Å². The van der Waals surface area contributed by atoms with Crippen LogP contribution in [0.2, 0.25) is 0 Å². The highest BCUT2D eigenvalue weighted by Gasteiger charge is 2.12. The van der Waals surface area contributed by atoms with E-state index in [0.29, 0.717) is 6.10 Å². The van der Waals surface area contributed by atoms with Crippen LogP contribution in [-0.4, -0.2) is 28.8 Å². The molecule has 2 rings (SSSR count). The molecule has 1 aliphatic heterocycles. The van der Waals surface area contributed by atoms with Gasteiger partial charge in [-0.1, -0.05) is 0 Å². The molecule has 1 aliphatic rings. The van der Waals surface area contributed by atoms with Gasteiger partial charge in [-0.25, -0.2) is 4.98 Å². The van der Waals surface area contributed by atoms with Crippen LogP contribution in [0, 0.1) is 0 Å². The number of imidazole rings is 1. The normalized spacial score (nSPS) is 20.6. The van der Waals surface area contributed by atoms with E-state index in [9.17, 15) is 0 Å². The summed E-state index contributed by atoms with van der Waals surface area (Å²) in [6.07, 6.45) is 9.23. The van der Waals surface area contributed by atoms with Crippen molar-refractivity contribution in [2.24, 2.45) is 0 Å². The third-order valence-electron chi connectivity index (χ3n) is 3.36. The average Bonchev–Trinajstić information content (AvgIpc) is 2.83. The fraction of sp³-hybridized carbons (Fsp3) is 0.769. The Labute approximate surface area is 103 Å². The zero-order valence-electron chi connectivity index (χ0n) is 10.7. The molecule has 1 saturated heterocycles. The summed E-state index contributed by atoms with van der Waals surface area (Å²) in [6, 6.07) is 0. The molecule has 1 aromatic rings. The lowest BCUT2D eigenvalue weighted by molar-refractivity contribution is 0.0115. The molecule has 96 valence electrons. The largest absolute Gasteiger partial charge is 0.378 e. The molecular weight excluding hydrogens is 214 g/mol. The lowest BCUT2D eigenvalue weighted by atomic mass is 10.1. The summed E-state index contributed by atoms with van der Waals surface area (Å²) in [5.41, 5.74) is 1.26. The Balaban J connectivity index is 1.62. The topological polar surface area (TPSA) is 39.1 Å². The molecule has 0 aromatic carbocycles. The number of nitrogens with one attached hydrogen (secondary N) is 1. The number of aromatic nitrogens is 2. The maximum absolute atomic E-state index is 5.70. The van der Waals surface area contributed by atoms with Gasteiger partial charge >= 0.3 is 0 Å². The smallest absolute Gasteiger partial charge is 0.0948 e. The van der Waals surface area contributed by atoms with Crippen LogP contribution in [0.4, 0.5) is 0 Å². The maximum atomic E-state index is 5.70. The average molecular weight is 237 g/mol. The van der Waals surface area contributed by atoms with Gasteiger partial charge in [0.25, 0.3) is 0 Å². The van der Waals surface area contributed by atoms with Gasteiger partial charge in [0, 0.05) is 25.9 Å². The van der Waals surface area contributed by atoms with E-state index in [1.54, 1.807) is 0 Å². The summed E-state index contributed by atoms with van der Waals surface area (Å²) in [5, 5.41) is 3.47. The summed E-state index contributed by atoms with van der Waals surface area (Å²) in [5.74, 6) is 0. The molecule has 0 radical (unpaired) electrons. The zero-order valence-corrected chi connectivity index (χ0v) is 10.7. The molecule has 0 spiro atoms. The number of aryl methyl sites for hydroxylation is 1. The van der Waals surface area contributed by atoms with Gasteiger partial charge in [-0.15, -0.1) is 0 Å². The van der Waals surface area contributed by atoms with Crippen LogP contribution in [0.5, 0.6) is 0 Å². The lowest BCUT2D eigenvalue weighted by Gasteiger charge is -2.22. The van der Waals surface area contributed by atoms with Gasteiger partial charge in [0.2, 0.25) is 0 Å². The van der Waals surface area contributed by atoms with Gasteiger partial charge < -0.3 is 14.6 Å². The molecule has 0 saturated carbocycles. The highest BCUT2D eigenvalue weighted by Crippen LogP contribution is 2.14. The first-order valence-corrected chi connectivity index (χ1v) is 6.71. The Kier molecular flexibility index (Phi) is 5.01. The molecule has 0 aliphatic carbocycles. The van der Waals surface area contributed by atoms with Gasteiger partial charge in [0.1, 0.15) is 0 Å². The van der Waals surface area contributed by atoms with Crippen molar-refractivity contribution in [2.45, 2.75) is 51.8 Å². The molecule has 17 heavy (non-hydrogen) atoms. The third-order valence-corrected chi connectivity index (χ3v) is 3.36. The van der Waals surface area contributed by atoms with Crippen LogP contribution < -0.4 is 5.32 Å². The molecular formula is C13H23N3O. The molecule has 1 unspecified atom stereocenters. The first kappa shape index (κ1) is 12.6. The van der Waals surface area contributed by atoms with E-state index in [2.05, 4.69) is 21.8 Å². The van der Waals surface area contributed by atoms with Crippen LogP contribution in [0.25, 0.3) is 0 Å². The molecule has 1 atom stereocenters. The number of hydrogen-bond acceptors (Lipinski definition) is 3. The first-order valence-electron chi connectivity index (χ1n) is 6.71. The standard InChI is InChI=1S/C13H23N3O/c1-2-16-11-15-10-12(16)9-14-7-6-13-5-3-4-8-17-13/h10-11,13-14H,2-9H2,1H3. The molecule has 1 aromatic heterocycles. The van der Waals surface area contributed by atoms with Gasteiger partial charge in [0.15, 0.2) is 0 Å². The van der Waals surface area contributed by atoms with Gasteiger partial charge in [-0.3, -0.25) is 0 Å². The Hall–Kier alpha value is -0.870. The van der Waals surface area contributed by atoms with Crippen molar-refractivity contribution in [2.75, 3.05) is 13.2 Å². The van der Waals surface area contributed by atoms with Crippen molar-refractivity contribution in [1.29, 1.82) is 0 Å². The predicted molar refractivity (Wildman–Crippen MR) is 67.8 cm³/mol. The second-order valence-corrected chi connectivity index (χ2v) is 4.63. The molecule has 4 heteroatoms. The lowest BCUT2D eigenvalue weighted by Crippen LogP contribution is -2.25. The van der Waals surface area contributed by atoms with Gasteiger partial charge in [-0.2, -0.15) is 0 Å². The first-order chi connectivity index (χ1) is 8.40. The number of hydrogen-bond donors (Lipinski definition) is 1. The minimum absolute atomic E-state index is 0.479.